The minimum Gasteiger partial charge on any atom is -0.497 e. The number of carbonyl (C=O) groups excluding carboxylic acids is 1. The summed E-state index contributed by atoms with van der Waals surface area (Å²) in [5.41, 5.74) is 2.48. The highest BCUT2D eigenvalue weighted by atomic mass is 16.5. The number of hydrogen-bond donors (Lipinski definition) is 0. The summed E-state index contributed by atoms with van der Waals surface area (Å²) >= 11 is 0. The Labute approximate surface area is 130 Å². The van der Waals surface area contributed by atoms with Gasteiger partial charge in [-0.05, 0) is 47.9 Å². The third kappa shape index (κ3) is 3.52. The third-order valence-corrected chi connectivity index (χ3v) is 3.41. The normalized spacial score (nSPS) is 11.1. The van der Waals surface area contributed by atoms with Crippen molar-refractivity contribution in [2.75, 3.05) is 14.2 Å². The first-order valence-electron chi connectivity index (χ1n) is 7.07. The van der Waals surface area contributed by atoms with Crippen LogP contribution in [0.2, 0.25) is 0 Å². The van der Waals surface area contributed by atoms with E-state index in [2.05, 4.69) is 4.98 Å². The second kappa shape index (κ2) is 7.41. The smallest absolute Gasteiger partial charge is 0.189 e. The van der Waals surface area contributed by atoms with Crippen LogP contribution in [0.25, 0.3) is 5.57 Å². The molecule has 114 valence electrons. The van der Waals surface area contributed by atoms with Gasteiger partial charge in [0.15, 0.2) is 5.78 Å². The van der Waals surface area contributed by atoms with Crippen LogP contribution < -0.4 is 9.47 Å². The van der Waals surface area contributed by atoms with Crippen molar-refractivity contribution in [2.24, 2.45) is 0 Å². The van der Waals surface area contributed by atoms with Crippen molar-refractivity contribution in [3.05, 3.63) is 59.9 Å². The van der Waals surface area contributed by atoms with Crippen molar-refractivity contribution in [2.45, 2.75) is 13.3 Å². The molecule has 0 aliphatic heterocycles. The number of pyridine rings is 1. The van der Waals surface area contributed by atoms with Gasteiger partial charge in [-0.15, -0.1) is 0 Å². The first kappa shape index (κ1) is 15.8. The fourth-order valence-electron chi connectivity index (χ4n) is 2.19. The summed E-state index contributed by atoms with van der Waals surface area (Å²) in [6.07, 6.45) is 5.85. The van der Waals surface area contributed by atoms with E-state index in [1.54, 1.807) is 50.9 Å². The molecule has 0 aliphatic rings. The van der Waals surface area contributed by atoms with Gasteiger partial charge in [0.2, 0.25) is 0 Å². The van der Waals surface area contributed by atoms with Crippen molar-refractivity contribution >= 4 is 11.4 Å². The Morgan fingerprint density at radius 2 is 1.86 bits per heavy atom. The molecule has 2 rings (SSSR count). The highest BCUT2D eigenvalue weighted by Crippen LogP contribution is 2.26. The zero-order valence-electron chi connectivity index (χ0n) is 13.0. The monoisotopic (exact) mass is 297 g/mol. The molecular formula is C18H19NO3. The summed E-state index contributed by atoms with van der Waals surface area (Å²) in [6.45, 7) is 2.02. The van der Waals surface area contributed by atoms with E-state index in [4.69, 9.17) is 9.47 Å². The van der Waals surface area contributed by atoms with Gasteiger partial charge in [-0.3, -0.25) is 9.78 Å². The molecule has 0 bridgehead atoms. The highest BCUT2D eigenvalue weighted by Gasteiger charge is 2.12. The van der Waals surface area contributed by atoms with E-state index in [9.17, 15) is 4.79 Å². The molecule has 0 fully saturated rings. The third-order valence-electron chi connectivity index (χ3n) is 3.41. The van der Waals surface area contributed by atoms with E-state index in [0.717, 1.165) is 17.6 Å². The summed E-state index contributed by atoms with van der Waals surface area (Å²) in [6, 6.07) is 8.97. The first-order chi connectivity index (χ1) is 10.7. The van der Waals surface area contributed by atoms with Crippen LogP contribution in [0.3, 0.4) is 0 Å². The van der Waals surface area contributed by atoms with Crippen LogP contribution in [0.15, 0.2) is 48.8 Å². The predicted molar refractivity (Wildman–Crippen MR) is 86.4 cm³/mol. The van der Waals surface area contributed by atoms with E-state index in [0.29, 0.717) is 17.1 Å². The molecule has 0 saturated carbocycles. The fraction of sp³-hybridized carbons (Fsp3) is 0.222. The predicted octanol–water partition coefficient (Wildman–Crippen LogP) is 3.78. The van der Waals surface area contributed by atoms with Crippen molar-refractivity contribution in [1.29, 1.82) is 0 Å². The molecule has 0 N–H and O–H groups in total. The Kier molecular flexibility index (Phi) is 5.31. The van der Waals surface area contributed by atoms with Gasteiger partial charge in [-0.25, -0.2) is 0 Å². The van der Waals surface area contributed by atoms with Crippen LogP contribution in [0.1, 0.15) is 29.3 Å². The maximum absolute atomic E-state index is 12.6. The number of carbonyl (C=O) groups is 1. The maximum atomic E-state index is 12.6. The van der Waals surface area contributed by atoms with Crippen LogP contribution >= 0.6 is 0 Å². The SMILES string of the molecule is CCC(=CC(=O)c1ccc(OC)cc1OC)c1ccncc1. The second-order valence-corrected chi connectivity index (χ2v) is 4.69. The Morgan fingerprint density at radius 1 is 1.14 bits per heavy atom. The summed E-state index contributed by atoms with van der Waals surface area (Å²) in [5.74, 6) is 1.07. The van der Waals surface area contributed by atoms with Crippen LogP contribution in [-0.2, 0) is 0 Å². The number of methoxy groups -OCH3 is 2. The molecule has 0 unspecified atom stereocenters. The Hall–Kier alpha value is -2.62. The summed E-state index contributed by atoms with van der Waals surface area (Å²) in [4.78, 5) is 16.6. The van der Waals surface area contributed by atoms with Gasteiger partial charge in [0.1, 0.15) is 11.5 Å². The molecule has 1 aromatic heterocycles. The molecule has 0 atom stereocenters. The zero-order valence-corrected chi connectivity index (χ0v) is 13.0. The number of benzene rings is 1. The first-order valence-corrected chi connectivity index (χ1v) is 7.07. The van der Waals surface area contributed by atoms with Crippen molar-refractivity contribution < 1.29 is 14.3 Å². The quantitative estimate of drug-likeness (QED) is 0.601. The number of ether oxygens (including phenoxy) is 2. The Balaban J connectivity index is 2.37. The van der Waals surface area contributed by atoms with Gasteiger partial charge < -0.3 is 9.47 Å². The fourth-order valence-corrected chi connectivity index (χ4v) is 2.19. The van der Waals surface area contributed by atoms with Gasteiger partial charge in [0.05, 0.1) is 19.8 Å². The molecule has 2 aromatic rings. The van der Waals surface area contributed by atoms with E-state index in [1.807, 2.05) is 19.1 Å². The van der Waals surface area contributed by atoms with Crippen molar-refractivity contribution in [3.63, 3.8) is 0 Å². The van der Waals surface area contributed by atoms with E-state index < -0.39 is 0 Å². The molecule has 0 spiro atoms. The largest absolute Gasteiger partial charge is 0.497 e. The lowest BCUT2D eigenvalue weighted by atomic mass is 10.0. The molecule has 22 heavy (non-hydrogen) atoms. The standard InChI is InChI=1S/C18H19NO3/c1-4-13(14-7-9-19-10-8-14)11-17(20)16-6-5-15(21-2)12-18(16)22-3/h5-12H,4H2,1-3H3. The molecule has 1 heterocycles. The molecule has 0 saturated heterocycles. The molecule has 1 aromatic carbocycles. The van der Waals surface area contributed by atoms with Gasteiger partial charge in [0.25, 0.3) is 0 Å². The highest BCUT2D eigenvalue weighted by molar-refractivity contribution is 6.10. The number of rotatable bonds is 6. The topological polar surface area (TPSA) is 48.4 Å². The van der Waals surface area contributed by atoms with E-state index in [-0.39, 0.29) is 5.78 Å². The van der Waals surface area contributed by atoms with Crippen molar-refractivity contribution in [1.82, 2.24) is 4.98 Å². The lowest BCUT2D eigenvalue weighted by Crippen LogP contribution is -2.01. The molecule has 0 aliphatic carbocycles. The van der Waals surface area contributed by atoms with Crippen LogP contribution in [0.5, 0.6) is 11.5 Å². The summed E-state index contributed by atoms with van der Waals surface area (Å²) in [5, 5.41) is 0. The number of allylic oxidation sites excluding steroid dienone is 2. The van der Waals surface area contributed by atoms with Crippen LogP contribution in [-0.4, -0.2) is 25.0 Å². The minimum atomic E-state index is -0.0897. The van der Waals surface area contributed by atoms with E-state index >= 15 is 0 Å². The molecule has 4 nitrogen and oxygen atoms in total. The number of aromatic nitrogens is 1. The van der Waals surface area contributed by atoms with Gasteiger partial charge >= 0.3 is 0 Å². The minimum absolute atomic E-state index is 0.0897. The van der Waals surface area contributed by atoms with Gasteiger partial charge in [-0.1, -0.05) is 6.92 Å². The summed E-state index contributed by atoms with van der Waals surface area (Å²) in [7, 11) is 3.12. The molecule has 4 heteroatoms. The van der Waals surface area contributed by atoms with Gasteiger partial charge in [-0.2, -0.15) is 0 Å². The zero-order chi connectivity index (χ0) is 15.9. The van der Waals surface area contributed by atoms with E-state index in [1.165, 1.54) is 0 Å². The number of nitrogens with zero attached hydrogens (tertiary/aromatic N) is 1. The Bertz CT molecular complexity index is 678. The molecule has 0 radical (unpaired) electrons. The van der Waals surface area contributed by atoms with Crippen molar-refractivity contribution in [3.8, 4) is 11.5 Å². The molecular weight excluding hydrogens is 278 g/mol. The second-order valence-electron chi connectivity index (χ2n) is 4.69. The lowest BCUT2D eigenvalue weighted by molar-refractivity contribution is 0.104. The maximum Gasteiger partial charge on any atom is 0.189 e. The van der Waals surface area contributed by atoms with Crippen LogP contribution in [0, 0.1) is 0 Å². The average molecular weight is 297 g/mol. The molecule has 0 amide bonds. The average Bonchev–Trinajstić information content (AvgIpc) is 2.59. The number of ketones is 1. The van der Waals surface area contributed by atoms with Gasteiger partial charge in [0, 0.05) is 18.5 Å². The van der Waals surface area contributed by atoms with Crippen LogP contribution in [0.4, 0.5) is 0 Å². The lowest BCUT2D eigenvalue weighted by Gasteiger charge is -2.09. The summed E-state index contributed by atoms with van der Waals surface area (Å²) < 4.78 is 10.4. The Morgan fingerprint density at radius 3 is 2.45 bits per heavy atom. The number of hydrogen-bond acceptors (Lipinski definition) is 4.